The molecule has 1 aliphatic heterocycles. The first-order chi connectivity index (χ1) is 13.7. The first-order valence-electron chi connectivity index (χ1n) is 9.71. The van der Waals surface area contributed by atoms with Crippen molar-refractivity contribution in [3.05, 3.63) is 90.5 Å². The number of carbonyl (C=O) groups is 1. The molecule has 0 radical (unpaired) electrons. The van der Waals surface area contributed by atoms with Gasteiger partial charge in [0.2, 0.25) is 0 Å². The number of hydrogen-bond acceptors (Lipinski definition) is 1. The van der Waals surface area contributed by atoms with E-state index in [1.54, 1.807) is 0 Å². The molecular formula is C26H21NO. The first kappa shape index (κ1) is 16.8. The molecular weight excluding hydrogens is 342 g/mol. The molecule has 0 bridgehead atoms. The van der Waals surface area contributed by atoms with Crippen molar-refractivity contribution in [3.8, 4) is 22.3 Å². The SMILES string of the molecule is CC(C)N1C(=O)c2cc(-c3ccccc3)c(-c3ccccc3)c3cccc1c23. The number of hydrogen-bond donors (Lipinski definition) is 0. The predicted molar refractivity (Wildman–Crippen MR) is 117 cm³/mol. The summed E-state index contributed by atoms with van der Waals surface area (Å²) >= 11 is 0. The molecule has 1 amide bonds. The minimum absolute atomic E-state index is 0.0954. The van der Waals surface area contributed by atoms with Crippen LogP contribution in [-0.2, 0) is 0 Å². The smallest absolute Gasteiger partial charge is 0.259 e. The van der Waals surface area contributed by atoms with Gasteiger partial charge in [-0.2, -0.15) is 0 Å². The van der Waals surface area contributed by atoms with Crippen LogP contribution in [-0.4, -0.2) is 11.9 Å². The molecule has 2 nitrogen and oxygen atoms in total. The van der Waals surface area contributed by atoms with Crippen LogP contribution in [0.3, 0.4) is 0 Å². The van der Waals surface area contributed by atoms with Crippen LogP contribution >= 0.6 is 0 Å². The second-order valence-electron chi connectivity index (χ2n) is 7.55. The fraction of sp³-hybridized carbons (Fsp3) is 0.115. The van der Waals surface area contributed by atoms with Crippen molar-refractivity contribution in [2.75, 3.05) is 4.90 Å². The average Bonchev–Trinajstić information content (AvgIpc) is 3.02. The fourth-order valence-corrected chi connectivity index (χ4v) is 4.35. The lowest BCUT2D eigenvalue weighted by molar-refractivity contribution is 0.0987. The van der Waals surface area contributed by atoms with Crippen molar-refractivity contribution >= 4 is 22.4 Å². The molecule has 28 heavy (non-hydrogen) atoms. The molecule has 1 heterocycles. The normalized spacial score (nSPS) is 13.0. The molecule has 1 aliphatic rings. The zero-order valence-corrected chi connectivity index (χ0v) is 16.0. The quantitative estimate of drug-likeness (QED) is 0.404. The minimum atomic E-state index is 0.0954. The van der Waals surface area contributed by atoms with E-state index in [1.807, 2.05) is 29.2 Å². The van der Waals surface area contributed by atoms with E-state index in [9.17, 15) is 4.79 Å². The van der Waals surface area contributed by atoms with Crippen molar-refractivity contribution in [3.63, 3.8) is 0 Å². The van der Waals surface area contributed by atoms with Gasteiger partial charge in [-0.25, -0.2) is 0 Å². The maximum Gasteiger partial charge on any atom is 0.259 e. The van der Waals surface area contributed by atoms with E-state index in [4.69, 9.17) is 0 Å². The standard InChI is InChI=1S/C26H21NO/c1-17(2)27-23-15-9-14-20-24(19-12-7-4-8-13-19)21(18-10-5-3-6-11-18)16-22(25(20)23)26(27)28/h3-17H,1-2H3. The number of benzene rings is 4. The zero-order chi connectivity index (χ0) is 19.3. The number of anilines is 1. The van der Waals surface area contributed by atoms with Crippen molar-refractivity contribution in [2.45, 2.75) is 19.9 Å². The average molecular weight is 363 g/mol. The Kier molecular flexibility index (Phi) is 3.80. The number of rotatable bonds is 3. The maximum absolute atomic E-state index is 13.3. The molecule has 5 rings (SSSR count). The highest BCUT2D eigenvalue weighted by Gasteiger charge is 2.33. The predicted octanol–water partition coefficient (Wildman–Crippen LogP) is 6.54. The van der Waals surface area contributed by atoms with Gasteiger partial charge in [-0.05, 0) is 53.6 Å². The van der Waals surface area contributed by atoms with Crippen LogP contribution in [0, 0.1) is 0 Å². The Morgan fingerprint density at radius 1 is 0.714 bits per heavy atom. The highest BCUT2D eigenvalue weighted by molar-refractivity contribution is 6.28. The molecule has 0 spiro atoms. The topological polar surface area (TPSA) is 20.3 Å². The highest BCUT2D eigenvalue weighted by atomic mass is 16.2. The van der Waals surface area contributed by atoms with Crippen LogP contribution < -0.4 is 4.90 Å². The maximum atomic E-state index is 13.3. The zero-order valence-electron chi connectivity index (χ0n) is 16.0. The van der Waals surface area contributed by atoms with Gasteiger partial charge in [0, 0.05) is 11.4 Å². The monoisotopic (exact) mass is 363 g/mol. The third-order valence-corrected chi connectivity index (χ3v) is 5.51. The summed E-state index contributed by atoms with van der Waals surface area (Å²) in [6.07, 6.45) is 0. The summed E-state index contributed by atoms with van der Waals surface area (Å²) in [7, 11) is 0. The van der Waals surface area contributed by atoms with Crippen LogP contribution in [0.1, 0.15) is 24.2 Å². The Bertz CT molecular complexity index is 1190. The highest BCUT2D eigenvalue weighted by Crippen LogP contribution is 2.46. The molecule has 136 valence electrons. The van der Waals surface area contributed by atoms with Crippen LogP contribution in [0.5, 0.6) is 0 Å². The van der Waals surface area contributed by atoms with E-state index in [1.165, 1.54) is 11.1 Å². The van der Waals surface area contributed by atoms with Gasteiger partial charge in [0.15, 0.2) is 0 Å². The van der Waals surface area contributed by atoms with Crippen molar-refractivity contribution in [2.24, 2.45) is 0 Å². The Hall–Kier alpha value is -3.39. The van der Waals surface area contributed by atoms with Crippen LogP contribution in [0.25, 0.3) is 33.0 Å². The lowest BCUT2D eigenvalue weighted by atomic mass is 9.87. The Labute approximate surface area is 165 Å². The Morgan fingerprint density at radius 2 is 1.36 bits per heavy atom. The number of nitrogens with zero attached hydrogens (tertiary/aromatic N) is 1. The third-order valence-electron chi connectivity index (χ3n) is 5.51. The molecule has 2 heteroatoms. The lowest BCUT2D eigenvalue weighted by Crippen LogP contribution is -2.33. The first-order valence-corrected chi connectivity index (χ1v) is 9.71. The van der Waals surface area contributed by atoms with E-state index < -0.39 is 0 Å². The summed E-state index contributed by atoms with van der Waals surface area (Å²) in [6.45, 7) is 4.14. The Balaban J connectivity index is 1.93. The van der Waals surface area contributed by atoms with Gasteiger partial charge < -0.3 is 4.90 Å². The summed E-state index contributed by atoms with van der Waals surface area (Å²) in [5.41, 5.74) is 6.40. The summed E-state index contributed by atoms with van der Waals surface area (Å²) in [4.78, 5) is 15.2. The summed E-state index contributed by atoms with van der Waals surface area (Å²) in [6, 6.07) is 29.3. The van der Waals surface area contributed by atoms with E-state index in [0.29, 0.717) is 0 Å². The van der Waals surface area contributed by atoms with Gasteiger partial charge in [-0.1, -0.05) is 72.8 Å². The number of amides is 1. The molecule has 0 aliphatic carbocycles. The van der Waals surface area contributed by atoms with Gasteiger partial charge >= 0.3 is 0 Å². The summed E-state index contributed by atoms with van der Waals surface area (Å²) in [5.74, 6) is 0.0954. The second kappa shape index (κ2) is 6.35. The van der Waals surface area contributed by atoms with Crippen molar-refractivity contribution in [1.29, 1.82) is 0 Å². The number of carbonyl (C=O) groups excluding carboxylic acids is 1. The van der Waals surface area contributed by atoms with Crippen molar-refractivity contribution in [1.82, 2.24) is 0 Å². The molecule has 0 fully saturated rings. The van der Waals surface area contributed by atoms with E-state index in [2.05, 4.69) is 74.5 Å². The van der Waals surface area contributed by atoms with E-state index >= 15 is 0 Å². The largest absolute Gasteiger partial charge is 0.305 e. The van der Waals surface area contributed by atoms with Gasteiger partial charge in [0.05, 0.1) is 11.3 Å². The van der Waals surface area contributed by atoms with Crippen LogP contribution in [0.2, 0.25) is 0 Å². The molecule has 4 aromatic rings. The van der Waals surface area contributed by atoms with Crippen LogP contribution in [0.4, 0.5) is 5.69 Å². The van der Waals surface area contributed by atoms with Gasteiger partial charge in [0.1, 0.15) is 0 Å². The molecule has 0 N–H and O–H groups in total. The molecule has 4 aromatic carbocycles. The minimum Gasteiger partial charge on any atom is -0.305 e. The molecule has 0 saturated carbocycles. The van der Waals surface area contributed by atoms with E-state index in [0.717, 1.165) is 33.2 Å². The lowest BCUT2D eigenvalue weighted by Gasteiger charge is -2.21. The van der Waals surface area contributed by atoms with Gasteiger partial charge in [-0.15, -0.1) is 0 Å². The summed E-state index contributed by atoms with van der Waals surface area (Å²) < 4.78 is 0. The van der Waals surface area contributed by atoms with Gasteiger partial charge in [0.25, 0.3) is 5.91 Å². The third kappa shape index (κ3) is 2.38. The second-order valence-corrected chi connectivity index (χ2v) is 7.55. The molecule has 0 saturated heterocycles. The Morgan fingerprint density at radius 3 is 2.00 bits per heavy atom. The molecule has 0 unspecified atom stereocenters. The van der Waals surface area contributed by atoms with Crippen LogP contribution in [0.15, 0.2) is 84.9 Å². The summed E-state index contributed by atoms with van der Waals surface area (Å²) in [5, 5.41) is 2.20. The molecule has 0 aromatic heterocycles. The molecule has 0 atom stereocenters. The fourth-order valence-electron chi connectivity index (χ4n) is 4.35. The van der Waals surface area contributed by atoms with Crippen molar-refractivity contribution < 1.29 is 4.79 Å². The van der Waals surface area contributed by atoms with E-state index in [-0.39, 0.29) is 11.9 Å². The van der Waals surface area contributed by atoms with Gasteiger partial charge in [-0.3, -0.25) is 4.79 Å².